The number of rotatable bonds is 2. The molecule has 0 aliphatic carbocycles. The normalized spacial score (nSPS) is 7.00. The van der Waals surface area contributed by atoms with Crippen LogP contribution in [0.5, 0.6) is 0 Å². The molecule has 0 radical (unpaired) electrons. The monoisotopic (exact) mass is 151 g/mol. The number of hydrogen-bond donors (Lipinski definition) is 1. The molecule has 0 unspecified atom stereocenters. The molecule has 0 atom stereocenters. The molecule has 0 aromatic heterocycles. The van der Waals surface area contributed by atoms with E-state index in [1.807, 2.05) is 0 Å². The third kappa shape index (κ3) is 21.6. The van der Waals surface area contributed by atoms with Crippen LogP contribution in [-0.4, -0.2) is 11.7 Å². The molecule has 0 aromatic carbocycles. The number of aliphatic hydroxyl groups excluding tert-OH is 1. The number of hydrogen-bond acceptors (Lipinski definition) is 1. The summed E-state index contributed by atoms with van der Waals surface area (Å²) >= 11 is 2.38. The molecule has 1 nitrogen and oxygen atoms in total. The van der Waals surface area contributed by atoms with Crippen molar-refractivity contribution in [1.29, 1.82) is 0 Å². The summed E-state index contributed by atoms with van der Waals surface area (Å²) in [5, 5.41) is 8.07. The molecule has 0 amide bonds. The molecule has 3 heteroatoms. The van der Waals surface area contributed by atoms with Gasteiger partial charge in [-0.3, -0.25) is 0 Å². The summed E-state index contributed by atoms with van der Waals surface area (Å²) in [6, 6.07) is 0. The summed E-state index contributed by atoms with van der Waals surface area (Å²) in [4.78, 5) is 0. The van der Waals surface area contributed by atoms with E-state index in [1.165, 1.54) is 0 Å². The molecule has 7 heavy (non-hydrogen) atoms. The van der Waals surface area contributed by atoms with Crippen LogP contribution in [0.4, 0.5) is 3.61 Å². The second-order valence-electron chi connectivity index (χ2n) is 1.08. The van der Waals surface area contributed by atoms with Gasteiger partial charge in [0.1, 0.15) is 0 Å². The van der Waals surface area contributed by atoms with E-state index >= 15 is 0 Å². The van der Waals surface area contributed by atoms with Crippen molar-refractivity contribution in [2.45, 2.75) is 19.8 Å². The first-order valence-corrected chi connectivity index (χ1v) is 2.52. The van der Waals surface area contributed by atoms with E-state index in [0.29, 0.717) is 6.61 Å². The van der Waals surface area contributed by atoms with E-state index in [2.05, 4.69) is 22.8 Å². The van der Waals surface area contributed by atoms with Gasteiger partial charge in [0.25, 0.3) is 0 Å². The molecule has 49 valence electrons. The fraction of sp³-hybridized carbons (Fsp3) is 1.00. The van der Waals surface area contributed by atoms with E-state index in [9.17, 15) is 0 Å². The Morgan fingerprint density at radius 3 is 2.00 bits per heavy atom. The Kier molecular flexibility index (Phi) is 24.0. The topological polar surface area (TPSA) is 20.2 Å². The van der Waals surface area contributed by atoms with Crippen molar-refractivity contribution in [2.75, 3.05) is 6.61 Å². The Balaban J connectivity index is 0. The fourth-order valence-corrected chi connectivity index (χ4v) is 0.158. The first-order chi connectivity index (χ1) is 3.41. The molecule has 0 saturated carbocycles. The Bertz CT molecular complexity index is 19.2. The van der Waals surface area contributed by atoms with Gasteiger partial charge in [-0.1, -0.05) is 13.3 Å². The molecule has 0 aliphatic rings. The van der Waals surface area contributed by atoms with E-state index < -0.39 is 0 Å². The minimum atomic E-state index is 0.344. The molecule has 0 rings (SSSR count). The summed E-state index contributed by atoms with van der Waals surface area (Å²) in [6.07, 6.45) is 2.04. The van der Waals surface area contributed by atoms with Crippen molar-refractivity contribution >= 4 is 0 Å². The molecule has 0 aliphatic heterocycles. The molecule has 0 spiro atoms. The SMILES string of the molecule is CCCCO.[F][Ni]. The summed E-state index contributed by atoms with van der Waals surface area (Å²) in [5.74, 6) is 0. The first-order valence-electron chi connectivity index (χ1n) is 2.14. The molecular weight excluding hydrogens is 142 g/mol. The van der Waals surface area contributed by atoms with Crippen LogP contribution in [0.3, 0.4) is 0 Å². The minimum absolute atomic E-state index is 0.344. The molecule has 0 bridgehead atoms. The zero-order chi connectivity index (χ0) is 6.12. The molecule has 0 aromatic rings. The Morgan fingerprint density at radius 1 is 1.57 bits per heavy atom. The van der Waals surface area contributed by atoms with Crippen LogP contribution in [0, 0.1) is 0 Å². The van der Waals surface area contributed by atoms with E-state index in [1.54, 1.807) is 0 Å². The van der Waals surface area contributed by atoms with Crippen LogP contribution in [-0.2, 0) is 15.9 Å². The van der Waals surface area contributed by atoms with Crippen molar-refractivity contribution < 1.29 is 24.6 Å². The van der Waals surface area contributed by atoms with Gasteiger partial charge >= 0.3 is 19.5 Å². The predicted molar refractivity (Wildman–Crippen MR) is 23.1 cm³/mol. The van der Waals surface area contributed by atoms with E-state index in [-0.39, 0.29) is 0 Å². The zero-order valence-electron chi connectivity index (χ0n) is 4.26. The molecule has 1 N–H and O–H groups in total. The third-order valence-electron chi connectivity index (χ3n) is 0.512. The summed E-state index contributed by atoms with van der Waals surface area (Å²) in [5.41, 5.74) is 0. The Morgan fingerprint density at radius 2 is 2.00 bits per heavy atom. The Labute approximate surface area is 51.7 Å². The quantitative estimate of drug-likeness (QED) is 0.589. The number of aliphatic hydroxyl groups is 1. The first kappa shape index (κ1) is 10.4. The van der Waals surface area contributed by atoms with Crippen molar-refractivity contribution in [3.63, 3.8) is 0 Å². The van der Waals surface area contributed by atoms with Crippen LogP contribution < -0.4 is 0 Å². The van der Waals surface area contributed by atoms with E-state index in [4.69, 9.17) is 8.71 Å². The van der Waals surface area contributed by atoms with Gasteiger partial charge < -0.3 is 5.11 Å². The maximum atomic E-state index is 9.12. The average molecular weight is 152 g/mol. The summed E-state index contributed by atoms with van der Waals surface area (Å²) in [6.45, 7) is 2.40. The molecule has 0 fully saturated rings. The van der Waals surface area contributed by atoms with Crippen molar-refractivity contribution in [3.8, 4) is 0 Å². The van der Waals surface area contributed by atoms with Gasteiger partial charge in [0, 0.05) is 6.61 Å². The molecular formula is C4H10FNiO. The maximum absolute atomic E-state index is 9.12. The average Bonchev–Trinajstić information content (AvgIpc) is 1.75. The Hall–Kier alpha value is 0.384. The standard InChI is InChI=1S/C4H10O.FH.Ni/c1-2-3-4-5;;/h5H,2-4H2,1H3;1H;/q;;+1/p-1. The summed E-state index contributed by atoms with van der Waals surface area (Å²) in [7, 11) is 0. The van der Waals surface area contributed by atoms with Gasteiger partial charge in [0.2, 0.25) is 0 Å². The fourth-order valence-electron chi connectivity index (χ4n) is 0.158. The van der Waals surface area contributed by atoms with Crippen molar-refractivity contribution in [1.82, 2.24) is 0 Å². The number of halogens is 1. The van der Waals surface area contributed by atoms with Gasteiger partial charge in [-0.25, -0.2) is 0 Å². The zero-order valence-corrected chi connectivity index (χ0v) is 5.25. The second-order valence-corrected chi connectivity index (χ2v) is 1.08. The predicted octanol–water partition coefficient (Wildman–Crippen LogP) is 1.20. The van der Waals surface area contributed by atoms with E-state index in [0.717, 1.165) is 12.8 Å². The molecule has 0 heterocycles. The summed E-state index contributed by atoms with van der Waals surface area (Å²) < 4.78 is 9.12. The van der Waals surface area contributed by atoms with Gasteiger partial charge in [0.05, 0.1) is 0 Å². The van der Waals surface area contributed by atoms with Crippen LogP contribution >= 0.6 is 0 Å². The third-order valence-corrected chi connectivity index (χ3v) is 0.512. The van der Waals surface area contributed by atoms with Crippen LogP contribution in [0.25, 0.3) is 0 Å². The van der Waals surface area contributed by atoms with Gasteiger partial charge in [0.15, 0.2) is 0 Å². The van der Waals surface area contributed by atoms with Gasteiger partial charge in [-0.2, -0.15) is 0 Å². The molecule has 0 saturated heterocycles. The van der Waals surface area contributed by atoms with Gasteiger partial charge in [-0.05, 0) is 6.42 Å². The van der Waals surface area contributed by atoms with Crippen molar-refractivity contribution in [2.24, 2.45) is 0 Å². The second kappa shape index (κ2) is 16.2. The van der Waals surface area contributed by atoms with Crippen LogP contribution in [0.15, 0.2) is 0 Å². The number of unbranched alkanes of at least 4 members (excludes halogenated alkanes) is 1. The van der Waals surface area contributed by atoms with Crippen LogP contribution in [0.2, 0.25) is 0 Å². The van der Waals surface area contributed by atoms with Crippen molar-refractivity contribution in [3.05, 3.63) is 0 Å². The van der Waals surface area contributed by atoms with Gasteiger partial charge in [-0.15, -0.1) is 0 Å². The van der Waals surface area contributed by atoms with Crippen LogP contribution in [0.1, 0.15) is 19.8 Å².